The molecule has 1 amide bonds. The molecule has 0 spiro atoms. The van der Waals surface area contributed by atoms with Gasteiger partial charge in [-0.05, 0) is 47.5 Å². The summed E-state index contributed by atoms with van der Waals surface area (Å²) in [6.07, 6.45) is 1.50. The largest absolute Gasteiger partial charge is 0.503 e. The lowest BCUT2D eigenvalue weighted by Gasteiger charge is -2.26. The van der Waals surface area contributed by atoms with E-state index in [0.29, 0.717) is 35.0 Å². The number of carbonyl (C=O) groups is 2. The maximum absolute atomic E-state index is 13.8. The van der Waals surface area contributed by atoms with Gasteiger partial charge in [-0.25, -0.2) is 0 Å². The summed E-state index contributed by atoms with van der Waals surface area (Å²) in [5, 5.41) is 11.8. The first-order valence-electron chi connectivity index (χ1n) is 12.7. The molecule has 8 heteroatoms. The molecule has 8 nitrogen and oxygen atoms in total. The second-order valence-electron chi connectivity index (χ2n) is 9.34. The molecule has 0 radical (unpaired) electrons. The molecule has 3 heterocycles. The van der Waals surface area contributed by atoms with E-state index in [1.807, 2.05) is 42.5 Å². The van der Waals surface area contributed by atoms with E-state index in [1.165, 1.54) is 18.3 Å². The van der Waals surface area contributed by atoms with Crippen molar-refractivity contribution in [3.05, 3.63) is 131 Å². The van der Waals surface area contributed by atoms with Crippen molar-refractivity contribution in [1.82, 2.24) is 4.90 Å². The van der Waals surface area contributed by atoms with Crippen molar-refractivity contribution in [3.63, 3.8) is 0 Å². The van der Waals surface area contributed by atoms with Gasteiger partial charge < -0.3 is 28.3 Å². The van der Waals surface area contributed by atoms with Crippen molar-refractivity contribution in [2.24, 2.45) is 0 Å². The summed E-state index contributed by atoms with van der Waals surface area (Å²) >= 11 is 0. The summed E-state index contributed by atoms with van der Waals surface area (Å²) in [5.41, 5.74) is 1.98. The molecule has 6 rings (SSSR count). The van der Waals surface area contributed by atoms with E-state index in [-0.39, 0.29) is 17.9 Å². The van der Waals surface area contributed by atoms with Crippen LogP contribution in [0.15, 0.2) is 117 Å². The number of rotatable bonds is 9. The Kier molecular flexibility index (Phi) is 6.57. The number of ether oxygens (including phenoxy) is 2. The van der Waals surface area contributed by atoms with Crippen LogP contribution < -0.4 is 9.47 Å². The van der Waals surface area contributed by atoms with Gasteiger partial charge >= 0.3 is 0 Å². The predicted octanol–water partition coefficient (Wildman–Crippen LogP) is 6.39. The van der Waals surface area contributed by atoms with Crippen molar-refractivity contribution in [2.75, 3.05) is 7.11 Å². The zero-order valence-electron chi connectivity index (χ0n) is 21.6. The van der Waals surface area contributed by atoms with Crippen LogP contribution in [-0.2, 0) is 17.9 Å². The number of aliphatic hydroxyl groups is 1. The van der Waals surface area contributed by atoms with Crippen molar-refractivity contribution < 1.29 is 33.0 Å². The molecule has 1 aliphatic rings. The highest BCUT2D eigenvalue weighted by Crippen LogP contribution is 2.43. The first-order valence-corrected chi connectivity index (χ1v) is 12.7. The molecule has 0 saturated carbocycles. The molecule has 0 aliphatic carbocycles. The average molecular weight is 536 g/mol. The van der Waals surface area contributed by atoms with E-state index in [2.05, 4.69) is 0 Å². The molecule has 5 aromatic rings. The monoisotopic (exact) mass is 535 g/mol. The average Bonchev–Trinajstić information content (AvgIpc) is 3.72. The van der Waals surface area contributed by atoms with Gasteiger partial charge in [0, 0.05) is 5.39 Å². The number of para-hydroxylation sites is 1. The standard InChI is InChI=1S/C32H25NO7/c1-37-26-17-22(13-14-25(26)39-19-20-8-3-2-4-9-20)29-28(30(34)27-16-21-10-5-6-12-24(21)40-27)31(35)32(36)33(29)18-23-11-7-15-38-23/h2-17,29,35H,18-19H2,1H3/t29-/m1/s1. The van der Waals surface area contributed by atoms with Gasteiger partial charge in [0.2, 0.25) is 5.78 Å². The lowest BCUT2D eigenvalue weighted by Crippen LogP contribution is -2.30. The van der Waals surface area contributed by atoms with Crippen LogP contribution in [0.3, 0.4) is 0 Å². The summed E-state index contributed by atoms with van der Waals surface area (Å²) in [6.45, 7) is 0.367. The molecule has 200 valence electrons. The Morgan fingerprint density at radius 2 is 1.75 bits per heavy atom. The number of methoxy groups -OCH3 is 1. The highest BCUT2D eigenvalue weighted by Gasteiger charge is 2.45. The van der Waals surface area contributed by atoms with Crippen LogP contribution in [0, 0.1) is 0 Å². The number of amides is 1. The Bertz CT molecular complexity index is 1680. The predicted molar refractivity (Wildman–Crippen MR) is 146 cm³/mol. The first kappa shape index (κ1) is 25.1. The maximum Gasteiger partial charge on any atom is 0.290 e. The maximum atomic E-state index is 13.8. The van der Waals surface area contributed by atoms with Crippen LogP contribution in [0.1, 0.15) is 33.5 Å². The smallest absolute Gasteiger partial charge is 0.290 e. The zero-order valence-corrected chi connectivity index (χ0v) is 21.6. The van der Waals surface area contributed by atoms with Crippen molar-refractivity contribution in [2.45, 2.75) is 19.2 Å². The van der Waals surface area contributed by atoms with Gasteiger partial charge in [0.05, 0.1) is 31.5 Å². The Labute approximate surface area is 229 Å². The van der Waals surface area contributed by atoms with Gasteiger partial charge in [-0.15, -0.1) is 0 Å². The van der Waals surface area contributed by atoms with Gasteiger partial charge in [0.15, 0.2) is 23.0 Å². The number of Topliss-reactive ketones (excluding diaryl/α,β-unsaturated/α-hetero) is 1. The minimum absolute atomic E-state index is 0.0233. The van der Waals surface area contributed by atoms with Gasteiger partial charge in [-0.2, -0.15) is 0 Å². The summed E-state index contributed by atoms with van der Waals surface area (Å²) in [6, 6.07) is 26.2. The molecule has 0 unspecified atom stereocenters. The highest BCUT2D eigenvalue weighted by molar-refractivity contribution is 6.16. The normalized spacial score (nSPS) is 15.2. The number of ketones is 1. The van der Waals surface area contributed by atoms with Crippen LogP contribution >= 0.6 is 0 Å². The van der Waals surface area contributed by atoms with Gasteiger partial charge in [0.25, 0.3) is 5.91 Å². The van der Waals surface area contributed by atoms with Gasteiger partial charge in [-0.3, -0.25) is 9.59 Å². The molecule has 40 heavy (non-hydrogen) atoms. The number of hydrogen-bond acceptors (Lipinski definition) is 7. The molecule has 0 bridgehead atoms. The fourth-order valence-corrected chi connectivity index (χ4v) is 4.90. The zero-order chi connectivity index (χ0) is 27.6. The molecule has 3 aromatic carbocycles. The van der Waals surface area contributed by atoms with E-state index in [9.17, 15) is 14.7 Å². The van der Waals surface area contributed by atoms with Crippen molar-refractivity contribution in [1.29, 1.82) is 0 Å². The third-order valence-corrected chi connectivity index (χ3v) is 6.84. The lowest BCUT2D eigenvalue weighted by molar-refractivity contribution is -0.130. The van der Waals surface area contributed by atoms with E-state index in [0.717, 1.165) is 10.9 Å². The summed E-state index contributed by atoms with van der Waals surface area (Å²) in [7, 11) is 1.52. The molecule has 0 saturated heterocycles. The summed E-state index contributed by atoms with van der Waals surface area (Å²) in [5.74, 6) is -0.475. The quantitative estimate of drug-likeness (QED) is 0.218. The number of carbonyl (C=O) groups excluding carboxylic acids is 2. The van der Waals surface area contributed by atoms with Gasteiger partial charge in [0.1, 0.15) is 18.0 Å². The lowest BCUT2D eigenvalue weighted by atomic mass is 9.94. The number of furan rings is 2. The third kappa shape index (κ3) is 4.60. The van der Waals surface area contributed by atoms with Gasteiger partial charge in [-0.1, -0.05) is 54.6 Å². The number of benzene rings is 3. The number of nitrogens with zero attached hydrogens (tertiary/aromatic N) is 1. The van der Waals surface area contributed by atoms with Crippen molar-refractivity contribution in [3.8, 4) is 11.5 Å². The molecule has 0 fully saturated rings. The topological polar surface area (TPSA) is 102 Å². The van der Waals surface area contributed by atoms with E-state index >= 15 is 0 Å². The fraction of sp³-hybridized carbons (Fsp3) is 0.125. The Balaban J connectivity index is 1.39. The van der Waals surface area contributed by atoms with Crippen LogP contribution in [-0.4, -0.2) is 28.8 Å². The fourth-order valence-electron chi connectivity index (χ4n) is 4.90. The number of hydrogen-bond donors (Lipinski definition) is 1. The molecular weight excluding hydrogens is 510 g/mol. The van der Waals surface area contributed by atoms with Crippen molar-refractivity contribution >= 4 is 22.7 Å². The third-order valence-electron chi connectivity index (χ3n) is 6.84. The first-order chi connectivity index (χ1) is 19.5. The Morgan fingerprint density at radius 1 is 0.950 bits per heavy atom. The molecule has 1 N–H and O–H groups in total. The second-order valence-corrected chi connectivity index (χ2v) is 9.34. The molecule has 1 atom stereocenters. The molecule has 2 aromatic heterocycles. The summed E-state index contributed by atoms with van der Waals surface area (Å²) < 4.78 is 22.9. The SMILES string of the molecule is COc1cc([C@@H]2C(C(=O)c3cc4ccccc4o3)=C(O)C(=O)N2Cc2ccco2)ccc1OCc1ccccc1. The highest BCUT2D eigenvalue weighted by atomic mass is 16.5. The number of fused-ring (bicyclic) bond motifs is 1. The Hall–Kier alpha value is -5.24. The minimum atomic E-state index is -0.935. The van der Waals surface area contributed by atoms with Crippen LogP contribution in [0.5, 0.6) is 11.5 Å². The summed E-state index contributed by atoms with van der Waals surface area (Å²) in [4.78, 5) is 28.6. The van der Waals surface area contributed by atoms with E-state index < -0.39 is 23.5 Å². The molecular formula is C32H25NO7. The number of aliphatic hydroxyl groups excluding tert-OH is 1. The van der Waals surface area contributed by atoms with E-state index in [1.54, 1.807) is 48.5 Å². The second kappa shape index (κ2) is 10.5. The van der Waals surface area contributed by atoms with Crippen LogP contribution in [0.2, 0.25) is 0 Å². The van der Waals surface area contributed by atoms with Crippen LogP contribution in [0.4, 0.5) is 0 Å². The molecule has 1 aliphatic heterocycles. The van der Waals surface area contributed by atoms with Crippen LogP contribution in [0.25, 0.3) is 11.0 Å². The van der Waals surface area contributed by atoms with E-state index in [4.69, 9.17) is 18.3 Å². The minimum Gasteiger partial charge on any atom is -0.503 e. The Morgan fingerprint density at radius 3 is 2.50 bits per heavy atom.